The number of hydrogen-bond acceptors (Lipinski definition) is 3. The van der Waals surface area contributed by atoms with Crippen LogP contribution in [0, 0.1) is 5.82 Å². The Kier molecular flexibility index (Phi) is 5.17. The van der Waals surface area contributed by atoms with Gasteiger partial charge in [-0.2, -0.15) is 0 Å². The topological polar surface area (TPSA) is 100 Å². The Balaban J connectivity index is 1.37. The molecule has 5 N–H and O–H groups in total. The molecule has 0 aliphatic rings. The Morgan fingerprint density at radius 3 is 2.47 bits per heavy atom. The molecular weight excluding hydrogens is 383 g/mol. The molecule has 0 radical (unpaired) electrons. The summed E-state index contributed by atoms with van der Waals surface area (Å²) < 4.78 is 13.3. The number of fused-ring (bicyclic) bond motifs is 1. The van der Waals surface area contributed by atoms with Gasteiger partial charge in [0.05, 0.1) is 11.4 Å². The van der Waals surface area contributed by atoms with Gasteiger partial charge >= 0.3 is 0 Å². The fourth-order valence-corrected chi connectivity index (χ4v) is 3.08. The first-order chi connectivity index (χ1) is 14.5. The number of aromatic nitrogens is 1. The zero-order valence-electron chi connectivity index (χ0n) is 15.9. The number of nitrogen functional groups attached to an aromatic ring is 1. The van der Waals surface area contributed by atoms with Crippen molar-refractivity contribution < 1.29 is 14.0 Å². The summed E-state index contributed by atoms with van der Waals surface area (Å²) in [6.45, 7) is 0.288. The van der Waals surface area contributed by atoms with Crippen LogP contribution in [0.4, 0.5) is 15.8 Å². The summed E-state index contributed by atoms with van der Waals surface area (Å²) in [5, 5.41) is 6.21. The van der Waals surface area contributed by atoms with Crippen LogP contribution >= 0.6 is 0 Å². The lowest BCUT2D eigenvalue weighted by Crippen LogP contribution is -2.23. The Labute approximate surface area is 171 Å². The number of halogens is 1. The van der Waals surface area contributed by atoms with E-state index in [1.807, 2.05) is 0 Å². The molecule has 30 heavy (non-hydrogen) atoms. The maximum Gasteiger partial charge on any atom is 0.267 e. The van der Waals surface area contributed by atoms with Crippen molar-refractivity contribution in [3.8, 4) is 0 Å². The maximum atomic E-state index is 13.3. The normalized spacial score (nSPS) is 10.7. The first kappa shape index (κ1) is 19.2. The van der Waals surface area contributed by atoms with Crippen LogP contribution in [0.3, 0.4) is 0 Å². The third-order valence-corrected chi connectivity index (χ3v) is 4.71. The summed E-state index contributed by atoms with van der Waals surface area (Å²) in [4.78, 5) is 27.7. The second kappa shape index (κ2) is 8.08. The zero-order chi connectivity index (χ0) is 21.1. The third kappa shape index (κ3) is 4.15. The fraction of sp³-hybridized carbons (Fsp3) is 0.0435. The van der Waals surface area contributed by atoms with Gasteiger partial charge in [0, 0.05) is 23.0 Å². The van der Waals surface area contributed by atoms with Crippen molar-refractivity contribution in [2.24, 2.45) is 0 Å². The fourth-order valence-electron chi connectivity index (χ4n) is 3.08. The van der Waals surface area contributed by atoms with Crippen LogP contribution in [0.25, 0.3) is 10.9 Å². The molecule has 0 aliphatic carbocycles. The molecule has 6 nitrogen and oxygen atoms in total. The lowest BCUT2D eigenvalue weighted by Gasteiger charge is -2.09. The minimum Gasteiger partial charge on any atom is -0.397 e. The summed E-state index contributed by atoms with van der Waals surface area (Å²) in [5.41, 5.74) is 9.24. The van der Waals surface area contributed by atoms with E-state index in [1.54, 1.807) is 60.7 Å². The predicted molar refractivity (Wildman–Crippen MR) is 115 cm³/mol. The van der Waals surface area contributed by atoms with Gasteiger partial charge in [0.15, 0.2) is 0 Å². The van der Waals surface area contributed by atoms with Crippen LogP contribution < -0.4 is 16.4 Å². The first-order valence-corrected chi connectivity index (χ1v) is 9.31. The Morgan fingerprint density at radius 2 is 1.70 bits per heavy atom. The van der Waals surface area contributed by atoms with Crippen LogP contribution in [0.15, 0.2) is 72.8 Å². The van der Waals surface area contributed by atoms with Gasteiger partial charge in [-0.15, -0.1) is 0 Å². The van der Waals surface area contributed by atoms with Crippen molar-refractivity contribution in [2.45, 2.75) is 6.54 Å². The van der Waals surface area contributed by atoms with Crippen LogP contribution in [0.5, 0.6) is 0 Å². The molecule has 4 aromatic rings. The number of hydrogen-bond donors (Lipinski definition) is 4. The minimum absolute atomic E-state index is 0.270. The number of para-hydroxylation sites is 2. The van der Waals surface area contributed by atoms with Gasteiger partial charge in [-0.05, 0) is 54.1 Å². The Hall–Kier alpha value is -4.13. The quantitative estimate of drug-likeness (QED) is 0.379. The molecule has 0 fully saturated rings. The highest BCUT2D eigenvalue weighted by Gasteiger charge is 2.11. The van der Waals surface area contributed by atoms with Crippen LogP contribution in [0.1, 0.15) is 26.4 Å². The molecule has 4 rings (SSSR count). The van der Waals surface area contributed by atoms with Gasteiger partial charge in [0.2, 0.25) is 0 Å². The van der Waals surface area contributed by atoms with Crippen molar-refractivity contribution in [3.63, 3.8) is 0 Å². The van der Waals surface area contributed by atoms with Crippen molar-refractivity contribution in [1.82, 2.24) is 10.3 Å². The molecule has 0 saturated carbocycles. The van der Waals surface area contributed by atoms with E-state index in [9.17, 15) is 14.0 Å². The molecule has 0 bridgehead atoms. The van der Waals surface area contributed by atoms with Crippen molar-refractivity contribution in [3.05, 3.63) is 95.4 Å². The molecule has 2 amide bonds. The number of nitrogens with two attached hydrogens (primary N) is 1. The number of aromatic amines is 1. The third-order valence-electron chi connectivity index (χ3n) is 4.71. The number of H-pyrrole nitrogens is 1. The standard InChI is InChI=1S/C23H19FN4O2/c24-17-9-10-19-16(11-17)12-21(27-19)23(30)26-13-14-5-7-15(8-6-14)22(29)28-20-4-2-1-3-18(20)25/h1-12,27H,13,25H2,(H,26,30)(H,28,29). The first-order valence-electron chi connectivity index (χ1n) is 9.31. The average molecular weight is 402 g/mol. The summed E-state index contributed by atoms with van der Waals surface area (Å²) in [7, 11) is 0. The molecule has 1 heterocycles. The summed E-state index contributed by atoms with van der Waals surface area (Å²) in [6, 6.07) is 19.8. The SMILES string of the molecule is Nc1ccccc1NC(=O)c1ccc(CNC(=O)c2cc3cc(F)ccc3[nH]2)cc1. The van der Waals surface area contributed by atoms with E-state index in [-0.39, 0.29) is 24.2 Å². The lowest BCUT2D eigenvalue weighted by molar-refractivity contribution is 0.0945. The smallest absolute Gasteiger partial charge is 0.267 e. The van der Waals surface area contributed by atoms with E-state index in [2.05, 4.69) is 15.6 Å². The molecule has 7 heteroatoms. The van der Waals surface area contributed by atoms with Gasteiger partial charge in [-0.1, -0.05) is 24.3 Å². The van der Waals surface area contributed by atoms with E-state index >= 15 is 0 Å². The average Bonchev–Trinajstić information content (AvgIpc) is 3.17. The highest BCUT2D eigenvalue weighted by Crippen LogP contribution is 2.18. The van der Waals surface area contributed by atoms with Crippen LogP contribution in [-0.2, 0) is 6.54 Å². The monoisotopic (exact) mass is 402 g/mol. The van der Waals surface area contributed by atoms with Gasteiger partial charge in [-0.3, -0.25) is 9.59 Å². The van der Waals surface area contributed by atoms with Gasteiger partial charge in [0.1, 0.15) is 11.5 Å². The summed E-state index contributed by atoms with van der Waals surface area (Å²) in [5.74, 6) is -0.922. The van der Waals surface area contributed by atoms with Crippen LogP contribution in [0.2, 0.25) is 0 Å². The molecule has 3 aromatic carbocycles. The van der Waals surface area contributed by atoms with Crippen molar-refractivity contribution in [2.75, 3.05) is 11.1 Å². The van der Waals surface area contributed by atoms with Crippen LogP contribution in [-0.4, -0.2) is 16.8 Å². The number of carbonyl (C=O) groups is 2. The Morgan fingerprint density at radius 1 is 0.933 bits per heavy atom. The molecule has 0 atom stereocenters. The highest BCUT2D eigenvalue weighted by molar-refractivity contribution is 6.05. The number of rotatable bonds is 5. The van der Waals surface area contributed by atoms with Gasteiger partial charge in [-0.25, -0.2) is 4.39 Å². The van der Waals surface area contributed by atoms with E-state index in [1.165, 1.54) is 12.1 Å². The van der Waals surface area contributed by atoms with E-state index < -0.39 is 0 Å². The molecule has 0 saturated heterocycles. The molecular formula is C23H19FN4O2. The maximum absolute atomic E-state index is 13.3. The summed E-state index contributed by atoms with van der Waals surface area (Å²) in [6.07, 6.45) is 0. The lowest BCUT2D eigenvalue weighted by atomic mass is 10.1. The largest absolute Gasteiger partial charge is 0.397 e. The second-order valence-electron chi connectivity index (χ2n) is 6.84. The number of amides is 2. The molecule has 0 spiro atoms. The van der Waals surface area contributed by atoms with E-state index in [0.29, 0.717) is 33.5 Å². The number of anilines is 2. The minimum atomic E-state index is -0.354. The molecule has 0 aliphatic heterocycles. The Bertz CT molecular complexity index is 1230. The van der Waals surface area contributed by atoms with E-state index in [4.69, 9.17) is 5.73 Å². The molecule has 0 unspecified atom stereocenters. The van der Waals surface area contributed by atoms with E-state index in [0.717, 1.165) is 5.56 Å². The van der Waals surface area contributed by atoms with Crippen molar-refractivity contribution in [1.29, 1.82) is 0 Å². The van der Waals surface area contributed by atoms with Crippen molar-refractivity contribution >= 4 is 34.1 Å². The predicted octanol–water partition coefficient (Wildman–Crippen LogP) is 4.07. The number of benzene rings is 3. The number of nitrogens with one attached hydrogen (secondary N) is 3. The zero-order valence-corrected chi connectivity index (χ0v) is 15.9. The highest BCUT2D eigenvalue weighted by atomic mass is 19.1. The second-order valence-corrected chi connectivity index (χ2v) is 6.84. The van der Waals surface area contributed by atoms with Gasteiger partial charge in [0.25, 0.3) is 11.8 Å². The van der Waals surface area contributed by atoms with Gasteiger partial charge < -0.3 is 21.4 Å². The molecule has 1 aromatic heterocycles. The number of carbonyl (C=O) groups excluding carboxylic acids is 2. The molecule has 150 valence electrons. The summed E-state index contributed by atoms with van der Waals surface area (Å²) >= 11 is 0.